The third-order valence-electron chi connectivity index (χ3n) is 1.84. The molecule has 0 spiro atoms. The minimum absolute atomic E-state index is 0. The van der Waals surface area contributed by atoms with Gasteiger partial charge >= 0.3 is 45.5 Å². The van der Waals surface area contributed by atoms with E-state index in [1.165, 1.54) is 0 Å². The van der Waals surface area contributed by atoms with E-state index >= 15 is 0 Å². The van der Waals surface area contributed by atoms with Crippen molar-refractivity contribution in [3.05, 3.63) is 60.7 Å². The van der Waals surface area contributed by atoms with Gasteiger partial charge in [0.25, 0.3) is 0 Å². The van der Waals surface area contributed by atoms with Gasteiger partial charge in [0.05, 0.1) is 0 Å². The summed E-state index contributed by atoms with van der Waals surface area (Å²) in [4.78, 5) is 0. The van der Waals surface area contributed by atoms with Gasteiger partial charge < -0.3 is 5.32 Å². The van der Waals surface area contributed by atoms with Crippen molar-refractivity contribution in [2.24, 2.45) is 0 Å². The summed E-state index contributed by atoms with van der Waals surface area (Å²) in [6.45, 7) is 0. The molecule has 2 aromatic rings. The van der Waals surface area contributed by atoms with Crippen molar-refractivity contribution in [2.75, 3.05) is 5.32 Å². The first-order valence-electron chi connectivity index (χ1n) is 4.32. The molecule has 0 radical (unpaired) electrons. The van der Waals surface area contributed by atoms with Crippen LogP contribution < -0.4 is 5.32 Å². The molecule has 0 amide bonds. The summed E-state index contributed by atoms with van der Waals surface area (Å²) in [6, 6.07) is 20.3. The van der Waals surface area contributed by atoms with Crippen molar-refractivity contribution in [1.29, 1.82) is 0 Å². The molecule has 0 bridgehead atoms. The third kappa shape index (κ3) is 3.46. The molecule has 0 aliphatic heterocycles. The maximum Gasteiger partial charge on any atom is 2.00 e. The van der Waals surface area contributed by atoms with Crippen LogP contribution in [0.5, 0.6) is 0 Å². The van der Waals surface area contributed by atoms with E-state index in [1.54, 1.807) is 0 Å². The topological polar surface area (TPSA) is 12.0 Å². The van der Waals surface area contributed by atoms with Crippen molar-refractivity contribution < 1.29 is 0 Å². The summed E-state index contributed by atoms with van der Waals surface area (Å²) in [7, 11) is 0. The Balaban J connectivity index is 0.000000980. The van der Waals surface area contributed by atoms with Crippen molar-refractivity contribution >= 4 is 56.9 Å². The Hall–Kier alpha value is -0.279. The van der Waals surface area contributed by atoms with Gasteiger partial charge in [-0.3, -0.25) is 0 Å². The molecule has 0 aromatic heterocycles. The molecule has 0 aliphatic rings. The van der Waals surface area contributed by atoms with Crippen molar-refractivity contribution in [3.8, 4) is 0 Å². The quantitative estimate of drug-likeness (QED) is 0.815. The molecule has 1 N–H and O–H groups in total. The van der Waals surface area contributed by atoms with Crippen LogP contribution in [0.3, 0.4) is 0 Å². The number of benzene rings is 2. The van der Waals surface area contributed by atoms with Crippen molar-refractivity contribution in [3.63, 3.8) is 0 Å². The molecule has 0 saturated carbocycles. The van der Waals surface area contributed by atoms with Gasteiger partial charge in [0.2, 0.25) is 0 Å². The Bertz CT molecular complexity index is 321. The average Bonchev–Trinajstić information content (AvgIpc) is 2.21. The number of hydrogen-bond acceptors (Lipinski definition) is 1. The van der Waals surface area contributed by atoms with Gasteiger partial charge in [-0.2, -0.15) is 0 Å². The van der Waals surface area contributed by atoms with E-state index in [-0.39, 0.29) is 45.5 Å². The second kappa shape index (κ2) is 6.25. The predicted molar refractivity (Wildman–Crippen MR) is 61.9 cm³/mol. The van der Waals surface area contributed by atoms with E-state index < -0.39 is 0 Å². The Morgan fingerprint density at radius 2 is 0.929 bits per heavy atom. The van der Waals surface area contributed by atoms with Gasteiger partial charge in [0.15, 0.2) is 0 Å². The van der Waals surface area contributed by atoms with Crippen LogP contribution in [-0.4, -0.2) is 45.5 Å². The number of nitrogens with one attached hydrogen (secondary N) is 1. The molecular weight excluding hydrogens is 246 g/mol. The molecule has 1 nitrogen and oxygen atoms in total. The summed E-state index contributed by atoms with van der Waals surface area (Å²) in [5, 5.41) is 3.30. The summed E-state index contributed by atoms with van der Waals surface area (Å²) in [5.41, 5.74) is 2.24. The standard InChI is InChI=1S/C12H11N.Sr/c1-3-7-11(8-4-1)13-12-9-5-2-6-10-12;/h1-10,13H;/q;+2. The molecule has 0 atom stereocenters. The fourth-order valence-electron chi connectivity index (χ4n) is 1.21. The minimum Gasteiger partial charge on any atom is -0.356 e. The minimum atomic E-state index is 0. The third-order valence-corrected chi connectivity index (χ3v) is 1.84. The van der Waals surface area contributed by atoms with Crippen molar-refractivity contribution in [2.45, 2.75) is 0 Å². The van der Waals surface area contributed by atoms with Crippen LogP contribution in [0.15, 0.2) is 60.7 Å². The maximum absolute atomic E-state index is 3.30. The first-order chi connectivity index (χ1) is 6.45. The number of para-hydroxylation sites is 2. The van der Waals surface area contributed by atoms with Gasteiger partial charge in [-0.15, -0.1) is 0 Å². The average molecular weight is 257 g/mol. The molecule has 2 rings (SSSR count). The second-order valence-corrected chi connectivity index (χ2v) is 2.86. The van der Waals surface area contributed by atoms with E-state index in [1.807, 2.05) is 60.7 Å². The predicted octanol–water partition coefficient (Wildman–Crippen LogP) is 3.05. The summed E-state index contributed by atoms with van der Waals surface area (Å²) < 4.78 is 0. The molecule has 64 valence electrons. The second-order valence-electron chi connectivity index (χ2n) is 2.86. The fourth-order valence-corrected chi connectivity index (χ4v) is 1.21. The first kappa shape index (κ1) is 11.8. The smallest absolute Gasteiger partial charge is 0.356 e. The number of hydrogen-bond donors (Lipinski definition) is 1. The maximum atomic E-state index is 3.30. The van der Waals surface area contributed by atoms with Gasteiger partial charge in [0, 0.05) is 11.4 Å². The van der Waals surface area contributed by atoms with Gasteiger partial charge in [0.1, 0.15) is 0 Å². The van der Waals surface area contributed by atoms with E-state index in [2.05, 4.69) is 5.32 Å². The van der Waals surface area contributed by atoms with E-state index in [9.17, 15) is 0 Å². The molecule has 0 fully saturated rings. The van der Waals surface area contributed by atoms with Gasteiger partial charge in [-0.1, -0.05) is 36.4 Å². The Labute approximate surface area is 121 Å². The van der Waals surface area contributed by atoms with E-state index in [0.29, 0.717) is 0 Å². The van der Waals surface area contributed by atoms with Crippen LogP contribution in [-0.2, 0) is 0 Å². The zero-order valence-electron chi connectivity index (χ0n) is 7.98. The fraction of sp³-hybridized carbons (Fsp3) is 0. The van der Waals surface area contributed by atoms with Gasteiger partial charge in [-0.05, 0) is 24.3 Å². The van der Waals surface area contributed by atoms with Crippen LogP contribution in [0.1, 0.15) is 0 Å². The molecule has 0 heterocycles. The molecule has 2 aromatic carbocycles. The molecule has 2 heteroatoms. The number of rotatable bonds is 2. The molecule has 14 heavy (non-hydrogen) atoms. The Kier molecular flexibility index (Phi) is 5.27. The SMILES string of the molecule is [Sr+2].c1ccc(Nc2ccccc2)cc1. The van der Waals surface area contributed by atoms with Crippen molar-refractivity contribution in [1.82, 2.24) is 0 Å². The van der Waals surface area contributed by atoms with Crippen LogP contribution in [0, 0.1) is 0 Å². The summed E-state index contributed by atoms with van der Waals surface area (Å²) in [5.74, 6) is 0. The number of anilines is 2. The van der Waals surface area contributed by atoms with Crippen LogP contribution in [0.2, 0.25) is 0 Å². The van der Waals surface area contributed by atoms with E-state index in [0.717, 1.165) is 11.4 Å². The zero-order chi connectivity index (χ0) is 8.93. The molecule has 0 saturated heterocycles. The summed E-state index contributed by atoms with van der Waals surface area (Å²) in [6.07, 6.45) is 0. The van der Waals surface area contributed by atoms with Gasteiger partial charge in [-0.25, -0.2) is 0 Å². The first-order valence-corrected chi connectivity index (χ1v) is 4.32. The van der Waals surface area contributed by atoms with Crippen LogP contribution in [0.25, 0.3) is 0 Å². The van der Waals surface area contributed by atoms with Crippen LogP contribution in [0.4, 0.5) is 11.4 Å². The normalized spacial score (nSPS) is 8.86. The summed E-state index contributed by atoms with van der Waals surface area (Å²) >= 11 is 0. The zero-order valence-corrected chi connectivity index (χ0v) is 11.5. The Morgan fingerprint density at radius 1 is 0.571 bits per heavy atom. The Morgan fingerprint density at radius 3 is 1.29 bits per heavy atom. The largest absolute Gasteiger partial charge is 2.00 e. The van der Waals surface area contributed by atoms with E-state index in [4.69, 9.17) is 0 Å². The molecule has 0 unspecified atom stereocenters. The molecule has 0 aliphatic carbocycles. The monoisotopic (exact) mass is 257 g/mol. The van der Waals surface area contributed by atoms with Crippen LogP contribution >= 0.6 is 0 Å². The molecular formula is C12H11NSr+2.